The lowest BCUT2D eigenvalue weighted by atomic mass is 10.2. The molecule has 0 fully saturated rings. The van der Waals surface area contributed by atoms with Gasteiger partial charge >= 0.3 is 12.3 Å². The third-order valence-corrected chi connectivity index (χ3v) is 2.00. The Hall–Kier alpha value is -1.43. The molecular formula is C10H8ClF3O3. The highest BCUT2D eigenvalue weighted by Crippen LogP contribution is 2.27. The van der Waals surface area contributed by atoms with Crippen LogP contribution in [-0.2, 0) is 4.74 Å². The summed E-state index contributed by atoms with van der Waals surface area (Å²) in [5, 5.41) is -0.00188. The summed E-state index contributed by atoms with van der Waals surface area (Å²) in [5.41, 5.74) is -0.171. The van der Waals surface area contributed by atoms with Crippen molar-refractivity contribution >= 4 is 17.6 Å². The molecule has 0 saturated carbocycles. The number of alkyl halides is 3. The molecular weight excluding hydrogens is 261 g/mol. The molecule has 7 heteroatoms. The first kappa shape index (κ1) is 13.6. The van der Waals surface area contributed by atoms with E-state index in [4.69, 9.17) is 11.6 Å². The highest BCUT2D eigenvalue weighted by molar-refractivity contribution is 6.33. The number of hydrogen-bond donors (Lipinski definition) is 0. The van der Waals surface area contributed by atoms with Gasteiger partial charge in [-0.05, 0) is 25.1 Å². The van der Waals surface area contributed by atoms with Crippen molar-refractivity contribution in [1.29, 1.82) is 0 Å². The molecule has 0 heterocycles. The lowest BCUT2D eigenvalue weighted by Gasteiger charge is -2.10. The van der Waals surface area contributed by atoms with Gasteiger partial charge in [0, 0.05) is 0 Å². The molecule has 0 N–H and O–H groups in total. The summed E-state index contributed by atoms with van der Waals surface area (Å²) in [4.78, 5) is 11.3. The summed E-state index contributed by atoms with van der Waals surface area (Å²) in [7, 11) is 0. The van der Waals surface area contributed by atoms with E-state index in [0.717, 1.165) is 18.2 Å². The Morgan fingerprint density at radius 1 is 1.41 bits per heavy atom. The van der Waals surface area contributed by atoms with Gasteiger partial charge in [0.05, 0.1) is 17.2 Å². The molecule has 1 aromatic carbocycles. The summed E-state index contributed by atoms with van der Waals surface area (Å²) in [6.07, 6.45) is -4.82. The lowest BCUT2D eigenvalue weighted by molar-refractivity contribution is -0.274. The Morgan fingerprint density at radius 2 is 2.06 bits per heavy atom. The number of hydrogen-bond acceptors (Lipinski definition) is 3. The van der Waals surface area contributed by atoms with Crippen molar-refractivity contribution in [2.75, 3.05) is 6.61 Å². The van der Waals surface area contributed by atoms with E-state index >= 15 is 0 Å². The topological polar surface area (TPSA) is 35.5 Å². The molecule has 0 aliphatic rings. The van der Waals surface area contributed by atoms with Crippen molar-refractivity contribution < 1.29 is 27.4 Å². The van der Waals surface area contributed by atoms with E-state index in [1.54, 1.807) is 6.92 Å². The molecule has 0 amide bonds. The smallest absolute Gasteiger partial charge is 0.462 e. The van der Waals surface area contributed by atoms with Crippen LogP contribution in [0.4, 0.5) is 13.2 Å². The van der Waals surface area contributed by atoms with Crippen LogP contribution in [0.25, 0.3) is 0 Å². The van der Waals surface area contributed by atoms with E-state index in [1.165, 1.54) is 0 Å². The molecule has 0 radical (unpaired) electrons. The van der Waals surface area contributed by atoms with Gasteiger partial charge in [-0.2, -0.15) is 0 Å². The molecule has 0 saturated heterocycles. The highest BCUT2D eigenvalue weighted by Gasteiger charge is 2.31. The fraction of sp³-hybridized carbons (Fsp3) is 0.300. The molecule has 0 spiro atoms. The Kier molecular flexibility index (Phi) is 4.22. The largest absolute Gasteiger partial charge is 0.573 e. The zero-order valence-electron chi connectivity index (χ0n) is 8.68. The zero-order chi connectivity index (χ0) is 13.1. The highest BCUT2D eigenvalue weighted by atomic mass is 35.5. The first-order valence-electron chi connectivity index (χ1n) is 4.56. The Labute approximate surface area is 100 Å². The van der Waals surface area contributed by atoms with E-state index in [9.17, 15) is 18.0 Å². The molecule has 0 unspecified atom stereocenters. The van der Waals surface area contributed by atoms with Crippen LogP contribution in [0.2, 0.25) is 5.02 Å². The predicted molar refractivity (Wildman–Crippen MR) is 54.1 cm³/mol. The van der Waals surface area contributed by atoms with Crippen molar-refractivity contribution in [3.8, 4) is 5.75 Å². The van der Waals surface area contributed by atoms with Crippen LogP contribution in [0, 0.1) is 0 Å². The van der Waals surface area contributed by atoms with Crippen molar-refractivity contribution in [3.05, 3.63) is 28.8 Å². The summed E-state index contributed by atoms with van der Waals surface area (Å²) in [6.45, 7) is 1.67. The summed E-state index contributed by atoms with van der Waals surface area (Å²) < 4.78 is 44.1. The number of halogens is 4. The molecule has 3 nitrogen and oxygen atoms in total. The summed E-state index contributed by atoms with van der Waals surface area (Å²) in [5.74, 6) is -1.32. The molecule has 0 aliphatic heterocycles. The van der Waals surface area contributed by atoms with E-state index in [1.807, 2.05) is 0 Å². The van der Waals surface area contributed by atoms with Crippen LogP contribution in [0.5, 0.6) is 5.75 Å². The second-order valence-electron chi connectivity index (χ2n) is 2.91. The number of rotatable bonds is 3. The van der Waals surface area contributed by atoms with Gasteiger partial charge in [0.25, 0.3) is 0 Å². The van der Waals surface area contributed by atoms with Crippen LogP contribution < -0.4 is 4.74 Å². The van der Waals surface area contributed by atoms with E-state index in [0.29, 0.717) is 0 Å². The average Bonchev–Trinajstić information content (AvgIpc) is 2.19. The number of esters is 1. The second-order valence-corrected chi connectivity index (χ2v) is 3.32. The van der Waals surface area contributed by atoms with E-state index in [-0.39, 0.29) is 17.2 Å². The van der Waals surface area contributed by atoms with Crippen LogP contribution in [-0.4, -0.2) is 18.9 Å². The van der Waals surface area contributed by atoms with Crippen LogP contribution in [0.3, 0.4) is 0 Å². The van der Waals surface area contributed by atoms with Gasteiger partial charge in [0.1, 0.15) is 5.75 Å². The van der Waals surface area contributed by atoms with Gasteiger partial charge in [-0.25, -0.2) is 4.79 Å². The monoisotopic (exact) mass is 268 g/mol. The second kappa shape index (κ2) is 5.27. The normalized spacial score (nSPS) is 11.1. The Morgan fingerprint density at radius 3 is 2.59 bits per heavy atom. The average molecular weight is 269 g/mol. The minimum atomic E-state index is -4.82. The molecule has 17 heavy (non-hydrogen) atoms. The van der Waals surface area contributed by atoms with E-state index in [2.05, 4.69) is 9.47 Å². The third-order valence-electron chi connectivity index (χ3n) is 1.67. The van der Waals surface area contributed by atoms with Gasteiger partial charge in [-0.3, -0.25) is 0 Å². The van der Waals surface area contributed by atoms with Gasteiger partial charge < -0.3 is 9.47 Å². The number of carbonyl (C=O) groups is 1. The number of ether oxygens (including phenoxy) is 2. The molecule has 0 aliphatic carbocycles. The first-order chi connectivity index (χ1) is 7.83. The van der Waals surface area contributed by atoms with E-state index < -0.39 is 18.1 Å². The predicted octanol–water partition coefficient (Wildman–Crippen LogP) is 3.42. The minimum Gasteiger partial charge on any atom is -0.462 e. The van der Waals surface area contributed by atoms with Crippen LogP contribution in [0.15, 0.2) is 18.2 Å². The Bertz CT molecular complexity index is 418. The molecule has 1 rings (SSSR count). The molecule has 94 valence electrons. The maximum Gasteiger partial charge on any atom is 0.573 e. The van der Waals surface area contributed by atoms with Gasteiger partial charge in [-0.1, -0.05) is 11.6 Å². The van der Waals surface area contributed by atoms with Gasteiger partial charge in [0.2, 0.25) is 0 Å². The maximum absolute atomic E-state index is 12.0. The summed E-state index contributed by atoms with van der Waals surface area (Å²) >= 11 is 5.66. The van der Waals surface area contributed by atoms with Crippen molar-refractivity contribution in [3.63, 3.8) is 0 Å². The fourth-order valence-corrected chi connectivity index (χ4v) is 1.26. The quantitative estimate of drug-likeness (QED) is 0.788. The van der Waals surface area contributed by atoms with Crippen LogP contribution >= 0.6 is 11.6 Å². The number of carbonyl (C=O) groups excluding carboxylic acids is 1. The lowest BCUT2D eigenvalue weighted by Crippen LogP contribution is -2.17. The molecule has 0 atom stereocenters. The fourth-order valence-electron chi connectivity index (χ4n) is 1.07. The van der Waals surface area contributed by atoms with Crippen molar-refractivity contribution in [1.82, 2.24) is 0 Å². The number of benzene rings is 1. The van der Waals surface area contributed by atoms with Crippen molar-refractivity contribution in [2.45, 2.75) is 13.3 Å². The zero-order valence-corrected chi connectivity index (χ0v) is 9.43. The first-order valence-corrected chi connectivity index (χ1v) is 4.93. The van der Waals surface area contributed by atoms with Crippen molar-refractivity contribution in [2.24, 2.45) is 0 Å². The molecule has 0 aromatic heterocycles. The Balaban J connectivity index is 2.98. The van der Waals surface area contributed by atoms with Crippen LogP contribution in [0.1, 0.15) is 17.3 Å². The summed E-state index contributed by atoms with van der Waals surface area (Å²) in [6, 6.07) is 3.03. The standard InChI is InChI=1S/C10H8ClF3O3/c1-2-16-9(15)7-5-6(3-4-8(7)11)17-10(12,13)14/h3-5H,2H2,1H3. The third kappa shape index (κ3) is 4.14. The molecule has 0 bridgehead atoms. The maximum atomic E-state index is 12.0. The molecule has 1 aromatic rings. The van der Waals surface area contributed by atoms with Gasteiger partial charge in [-0.15, -0.1) is 13.2 Å². The van der Waals surface area contributed by atoms with Gasteiger partial charge in [0.15, 0.2) is 0 Å². The minimum absolute atomic E-state index is 0.00188. The SMILES string of the molecule is CCOC(=O)c1cc(OC(F)(F)F)ccc1Cl.